The molecule has 0 aromatic heterocycles. The average Bonchev–Trinajstić information content (AvgIpc) is 3.33. The lowest BCUT2D eigenvalue weighted by atomic mass is 9.85. The molecule has 2 rings (SSSR count). The van der Waals surface area contributed by atoms with Crippen molar-refractivity contribution in [2.75, 3.05) is 7.05 Å². The molecule has 1 saturated carbocycles. The summed E-state index contributed by atoms with van der Waals surface area (Å²) in [5.41, 5.74) is 1.99. The van der Waals surface area contributed by atoms with Gasteiger partial charge < -0.3 is 5.32 Å². The number of nitrogens with one attached hydrogen (secondary N) is 1. The number of rotatable bonds is 11. The fourth-order valence-electron chi connectivity index (χ4n) is 3.75. The first kappa shape index (κ1) is 16.5. The SMILES string of the molecule is CCCCCCCCCC(NC)C1(c2ccccc2)CC1. The van der Waals surface area contributed by atoms with Gasteiger partial charge in [-0.05, 0) is 31.9 Å². The molecule has 0 radical (unpaired) electrons. The van der Waals surface area contributed by atoms with Crippen molar-refractivity contribution in [2.45, 2.75) is 82.6 Å². The largest absolute Gasteiger partial charge is 0.316 e. The molecule has 0 saturated heterocycles. The Morgan fingerprint density at radius 3 is 2.14 bits per heavy atom. The van der Waals surface area contributed by atoms with Gasteiger partial charge in [0.05, 0.1) is 0 Å². The van der Waals surface area contributed by atoms with Crippen LogP contribution >= 0.6 is 0 Å². The van der Waals surface area contributed by atoms with Crippen LogP contribution < -0.4 is 5.32 Å². The van der Waals surface area contributed by atoms with Crippen molar-refractivity contribution in [2.24, 2.45) is 0 Å². The lowest BCUT2D eigenvalue weighted by Gasteiger charge is -2.27. The van der Waals surface area contributed by atoms with Crippen LogP contribution in [-0.4, -0.2) is 13.1 Å². The van der Waals surface area contributed by atoms with E-state index in [0.717, 1.165) is 0 Å². The van der Waals surface area contributed by atoms with Gasteiger partial charge in [-0.15, -0.1) is 0 Å². The van der Waals surface area contributed by atoms with Gasteiger partial charge >= 0.3 is 0 Å². The molecule has 1 aliphatic carbocycles. The van der Waals surface area contributed by atoms with Crippen molar-refractivity contribution in [3.8, 4) is 0 Å². The minimum absolute atomic E-state index is 0.443. The highest BCUT2D eigenvalue weighted by atomic mass is 14.9. The quantitative estimate of drug-likeness (QED) is 0.534. The maximum Gasteiger partial charge on any atom is 0.0161 e. The number of benzene rings is 1. The van der Waals surface area contributed by atoms with E-state index in [0.29, 0.717) is 11.5 Å². The van der Waals surface area contributed by atoms with Gasteiger partial charge in [-0.2, -0.15) is 0 Å². The van der Waals surface area contributed by atoms with Crippen LogP contribution in [-0.2, 0) is 5.41 Å². The molecule has 1 aliphatic rings. The summed E-state index contributed by atoms with van der Waals surface area (Å²) < 4.78 is 0. The zero-order valence-corrected chi connectivity index (χ0v) is 14.0. The molecule has 1 aromatic carbocycles. The van der Waals surface area contributed by atoms with Gasteiger partial charge in [0.2, 0.25) is 0 Å². The van der Waals surface area contributed by atoms with Gasteiger partial charge in [0.25, 0.3) is 0 Å². The first-order valence-electron chi connectivity index (χ1n) is 9.06. The summed E-state index contributed by atoms with van der Waals surface area (Å²) in [6, 6.07) is 11.8. The monoisotopic (exact) mass is 287 g/mol. The van der Waals surface area contributed by atoms with Crippen LogP contribution in [0.2, 0.25) is 0 Å². The summed E-state index contributed by atoms with van der Waals surface area (Å²) in [7, 11) is 2.15. The highest BCUT2D eigenvalue weighted by molar-refractivity contribution is 5.33. The standard InChI is InChI=1S/C20H33N/c1-3-4-5-6-7-8-12-15-19(21-2)20(16-17-20)18-13-10-9-11-14-18/h9-11,13-14,19,21H,3-8,12,15-17H2,1-2H3. The highest BCUT2D eigenvalue weighted by Gasteiger charge is 2.49. The zero-order valence-electron chi connectivity index (χ0n) is 14.0. The van der Waals surface area contributed by atoms with Crippen LogP contribution in [0.15, 0.2) is 30.3 Å². The summed E-state index contributed by atoms with van der Waals surface area (Å²) in [4.78, 5) is 0. The molecule has 0 heterocycles. The van der Waals surface area contributed by atoms with Gasteiger partial charge in [-0.25, -0.2) is 0 Å². The molecule has 0 spiro atoms. The first-order chi connectivity index (χ1) is 10.3. The van der Waals surface area contributed by atoms with Crippen LogP contribution in [0.1, 0.15) is 76.7 Å². The Morgan fingerprint density at radius 1 is 0.952 bits per heavy atom. The van der Waals surface area contributed by atoms with Crippen LogP contribution in [0.25, 0.3) is 0 Å². The van der Waals surface area contributed by atoms with Crippen molar-refractivity contribution in [1.82, 2.24) is 5.32 Å². The fourth-order valence-corrected chi connectivity index (χ4v) is 3.75. The Balaban J connectivity index is 1.73. The third-order valence-electron chi connectivity index (χ3n) is 5.25. The van der Waals surface area contributed by atoms with Gasteiger partial charge in [-0.3, -0.25) is 0 Å². The van der Waals surface area contributed by atoms with E-state index in [-0.39, 0.29) is 0 Å². The Labute approximate surface area is 131 Å². The average molecular weight is 287 g/mol. The van der Waals surface area contributed by atoms with Crippen LogP contribution in [0, 0.1) is 0 Å². The molecule has 1 atom stereocenters. The predicted octanol–water partition coefficient (Wildman–Crippen LogP) is 5.45. The smallest absolute Gasteiger partial charge is 0.0161 e. The summed E-state index contributed by atoms with van der Waals surface area (Å²) in [6.07, 6.45) is 13.9. The third-order valence-corrected chi connectivity index (χ3v) is 5.25. The highest BCUT2D eigenvalue weighted by Crippen LogP contribution is 2.52. The molecular weight excluding hydrogens is 254 g/mol. The summed E-state index contributed by atoms with van der Waals surface area (Å²) >= 11 is 0. The molecule has 0 bridgehead atoms. The van der Waals surface area contributed by atoms with Crippen LogP contribution in [0.4, 0.5) is 0 Å². The van der Waals surface area contributed by atoms with Crippen molar-refractivity contribution >= 4 is 0 Å². The van der Waals surface area contributed by atoms with Gasteiger partial charge in [0.15, 0.2) is 0 Å². The van der Waals surface area contributed by atoms with E-state index in [1.807, 2.05) is 0 Å². The molecule has 1 heteroatoms. The number of hydrogen-bond acceptors (Lipinski definition) is 1. The predicted molar refractivity (Wildman–Crippen MR) is 92.8 cm³/mol. The van der Waals surface area contributed by atoms with E-state index in [4.69, 9.17) is 0 Å². The number of likely N-dealkylation sites (N-methyl/N-ethyl adjacent to an activating group) is 1. The van der Waals surface area contributed by atoms with E-state index in [1.165, 1.54) is 64.2 Å². The third kappa shape index (κ3) is 4.57. The maximum absolute atomic E-state index is 3.61. The summed E-state index contributed by atoms with van der Waals surface area (Å²) in [5, 5.41) is 3.61. The van der Waals surface area contributed by atoms with Crippen LogP contribution in [0.5, 0.6) is 0 Å². The van der Waals surface area contributed by atoms with E-state index in [1.54, 1.807) is 5.56 Å². The van der Waals surface area contributed by atoms with E-state index < -0.39 is 0 Å². The molecule has 0 amide bonds. The van der Waals surface area contributed by atoms with Crippen molar-refractivity contribution in [3.63, 3.8) is 0 Å². The first-order valence-corrected chi connectivity index (χ1v) is 9.06. The van der Waals surface area contributed by atoms with Crippen molar-refractivity contribution in [3.05, 3.63) is 35.9 Å². The molecule has 118 valence electrons. The van der Waals surface area contributed by atoms with E-state index in [2.05, 4.69) is 49.6 Å². The molecule has 1 N–H and O–H groups in total. The molecular formula is C20H33N. The number of hydrogen-bond donors (Lipinski definition) is 1. The normalized spacial score (nSPS) is 17.6. The second-order valence-corrected chi connectivity index (χ2v) is 6.77. The maximum atomic E-state index is 3.61. The Kier molecular flexibility index (Phi) is 6.76. The fraction of sp³-hybridized carbons (Fsp3) is 0.700. The Hall–Kier alpha value is -0.820. The molecule has 1 unspecified atom stereocenters. The molecule has 1 fully saturated rings. The van der Waals surface area contributed by atoms with Crippen LogP contribution in [0.3, 0.4) is 0 Å². The summed E-state index contributed by atoms with van der Waals surface area (Å²) in [5.74, 6) is 0. The molecule has 0 aliphatic heterocycles. The lowest BCUT2D eigenvalue weighted by molar-refractivity contribution is 0.399. The minimum Gasteiger partial charge on any atom is -0.316 e. The van der Waals surface area contributed by atoms with Crippen molar-refractivity contribution < 1.29 is 0 Å². The van der Waals surface area contributed by atoms with Crippen molar-refractivity contribution in [1.29, 1.82) is 0 Å². The van der Waals surface area contributed by atoms with E-state index >= 15 is 0 Å². The minimum atomic E-state index is 0.443. The molecule has 21 heavy (non-hydrogen) atoms. The van der Waals surface area contributed by atoms with E-state index in [9.17, 15) is 0 Å². The number of unbranched alkanes of at least 4 members (excludes halogenated alkanes) is 6. The van der Waals surface area contributed by atoms with Gasteiger partial charge in [0, 0.05) is 11.5 Å². The van der Waals surface area contributed by atoms with Gasteiger partial charge in [-0.1, -0.05) is 82.2 Å². The van der Waals surface area contributed by atoms with Gasteiger partial charge in [0.1, 0.15) is 0 Å². The lowest BCUT2D eigenvalue weighted by Crippen LogP contribution is -2.37. The zero-order chi connectivity index (χ0) is 15.0. The molecule has 1 aromatic rings. The Morgan fingerprint density at radius 2 is 1.57 bits per heavy atom. The summed E-state index contributed by atoms with van der Waals surface area (Å²) in [6.45, 7) is 2.29. The second-order valence-electron chi connectivity index (χ2n) is 6.77. The topological polar surface area (TPSA) is 12.0 Å². The molecule has 1 nitrogen and oxygen atoms in total. The Bertz CT molecular complexity index is 380. The second kappa shape index (κ2) is 8.58.